The number of aliphatic hydroxyl groups excluding tert-OH is 1. The zero-order valence-electron chi connectivity index (χ0n) is 19.8. The average Bonchev–Trinajstić information content (AvgIpc) is 2.88. The van der Waals surface area contributed by atoms with Crippen LogP contribution in [0.1, 0.15) is 48.3 Å². The number of rotatable bonds is 11. The molecule has 1 aliphatic heterocycles. The van der Waals surface area contributed by atoms with Gasteiger partial charge in [0.25, 0.3) is 12.0 Å². The molecule has 2 aliphatic carbocycles. The van der Waals surface area contributed by atoms with Crippen molar-refractivity contribution in [2.24, 2.45) is 0 Å². The molecule has 0 fully saturated rings. The Balaban J connectivity index is 1.31. The maximum Gasteiger partial charge on any atom is 0.269 e. The highest BCUT2D eigenvalue weighted by Crippen LogP contribution is 2.42. The molecule has 6 heteroatoms. The van der Waals surface area contributed by atoms with Crippen molar-refractivity contribution in [1.29, 1.82) is 0 Å². The van der Waals surface area contributed by atoms with Crippen LogP contribution in [0, 0.1) is 0 Å². The minimum atomic E-state index is -1.21. The molecule has 5 rings (SSSR count). The minimum Gasteiger partial charge on any atom is -0.346 e. The molecule has 0 saturated heterocycles. The van der Waals surface area contributed by atoms with E-state index in [0.717, 1.165) is 47.4 Å². The van der Waals surface area contributed by atoms with Crippen LogP contribution in [0.2, 0.25) is 0 Å². The number of nitrogens with zero attached hydrogens (tertiary/aromatic N) is 1. The fourth-order valence-electron chi connectivity index (χ4n) is 5.21. The van der Waals surface area contributed by atoms with E-state index in [4.69, 9.17) is 9.47 Å². The number of benzene rings is 1. The lowest BCUT2D eigenvalue weighted by atomic mass is 9.76. The van der Waals surface area contributed by atoms with Gasteiger partial charge in [-0.05, 0) is 42.2 Å². The standard InChI is InChI=1S/C29H30NO4P/c1-3-17-33-29(32)34-18-9-5-4-8-16-30-19(2)20-12-13-22-21-10-6-7-11-24(21)35-25-15-14-23(28(30)31)26(20)27(22)25/h3,6-7,10-15,27,29,32H,1-2,4-5,8-9,16-18H2/p+1. The quantitative estimate of drug-likeness (QED) is 0.229. The molecule has 1 aromatic heterocycles. The second kappa shape index (κ2) is 10.4. The number of aromatic nitrogens is 1. The van der Waals surface area contributed by atoms with E-state index in [-0.39, 0.29) is 18.1 Å². The summed E-state index contributed by atoms with van der Waals surface area (Å²) in [7, 11) is 0.627. The van der Waals surface area contributed by atoms with Gasteiger partial charge < -0.3 is 19.1 Å². The van der Waals surface area contributed by atoms with Crippen molar-refractivity contribution in [1.82, 2.24) is 4.57 Å². The first-order valence-electron chi connectivity index (χ1n) is 12.2. The zero-order chi connectivity index (χ0) is 24.4. The number of fused-ring (bicyclic) bond motifs is 2. The zero-order valence-corrected chi connectivity index (χ0v) is 20.8. The van der Waals surface area contributed by atoms with Crippen LogP contribution in [-0.4, -0.2) is 34.7 Å². The number of unbranched alkanes of at least 4 members (excludes halogenated alkanes) is 3. The predicted octanol–water partition coefficient (Wildman–Crippen LogP) is 2.79. The Morgan fingerprint density at radius 1 is 1.11 bits per heavy atom. The highest BCUT2D eigenvalue weighted by molar-refractivity contribution is 7.50. The number of allylic oxidation sites excluding steroid dienone is 3. The van der Waals surface area contributed by atoms with Gasteiger partial charge in [0.2, 0.25) is 0 Å². The van der Waals surface area contributed by atoms with Crippen molar-refractivity contribution in [3.63, 3.8) is 0 Å². The summed E-state index contributed by atoms with van der Waals surface area (Å²) < 4.78 is 12.0. The lowest BCUT2D eigenvalue weighted by molar-refractivity contribution is -0.258. The maximum absolute atomic E-state index is 13.5. The average molecular weight is 489 g/mol. The number of hydrogen-bond donors (Lipinski definition) is 1. The molecule has 1 aromatic carbocycles. The Hall–Kier alpha value is -2.82. The van der Waals surface area contributed by atoms with Gasteiger partial charge in [0, 0.05) is 28.2 Å². The highest BCUT2D eigenvalue weighted by atomic mass is 31.1. The maximum atomic E-state index is 13.5. The molecular weight excluding hydrogens is 457 g/mol. The van der Waals surface area contributed by atoms with Crippen molar-refractivity contribution < 1.29 is 14.6 Å². The molecule has 1 N–H and O–H groups in total. The molecule has 0 bridgehead atoms. The Labute approximate surface area is 206 Å². The Bertz CT molecular complexity index is 1420. The van der Waals surface area contributed by atoms with Crippen LogP contribution in [0.5, 0.6) is 0 Å². The third kappa shape index (κ3) is 4.57. The van der Waals surface area contributed by atoms with Gasteiger partial charge in [-0.3, -0.25) is 4.79 Å². The molecule has 0 saturated carbocycles. The number of aliphatic hydroxyl groups is 1. The number of pyridine rings is 1. The lowest BCUT2D eigenvalue weighted by Gasteiger charge is -2.29. The van der Waals surface area contributed by atoms with E-state index in [1.54, 1.807) is 6.08 Å². The number of ether oxygens (including phenoxy) is 2. The summed E-state index contributed by atoms with van der Waals surface area (Å²) in [6.07, 6.45) is 13.8. The summed E-state index contributed by atoms with van der Waals surface area (Å²) in [5.74, 6) is 0.164. The number of hydrogen-bond acceptors (Lipinski definition) is 4. The van der Waals surface area contributed by atoms with Crippen molar-refractivity contribution in [3.05, 3.63) is 86.7 Å². The predicted molar refractivity (Wildman–Crippen MR) is 146 cm³/mol. The van der Waals surface area contributed by atoms with Crippen molar-refractivity contribution in [2.45, 2.75) is 44.6 Å². The summed E-state index contributed by atoms with van der Waals surface area (Å²) in [6.45, 7) is 8.00. The Morgan fingerprint density at radius 3 is 2.80 bits per heavy atom. The van der Waals surface area contributed by atoms with Gasteiger partial charge in [0.05, 0.1) is 19.1 Å². The summed E-state index contributed by atoms with van der Waals surface area (Å²) in [5, 5.41) is 14.2. The van der Waals surface area contributed by atoms with Crippen LogP contribution in [0.4, 0.5) is 0 Å². The first kappa shape index (κ1) is 23.9. The summed E-state index contributed by atoms with van der Waals surface area (Å²) >= 11 is 0. The first-order valence-corrected chi connectivity index (χ1v) is 13.2. The fraction of sp³-hybridized carbons (Fsp3) is 0.310. The normalized spacial score (nSPS) is 18.0. The largest absolute Gasteiger partial charge is 0.346 e. The van der Waals surface area contributed by atoms with Crippen LogP contribution in [0.15, 0.2) is 53.9 Å². The van der Waals surface area contributed by atoms with Crippen molar-refractivity contribution in [3.8, 4) is 0 Å². The molecule has 0 amide bonds. The second-order valence-corrected chi connectivity index (χ2v) is 10.4. The summed E-state index contributed by atoms with van der Waals surface area (Å²) in [6, 6.07) is 8.62. The molecule has 0 radical (unpaired) electrons. The van der Waals surface area contributed by atoms with E-state index in [9.17, 15) is 9.90 Å². The third-order valence-electron chi connectivity index (χ3n) is 6.87. The fourth-order valence-corrected chi connectivity index (χ4v) is 6.67. The van der Waals surface area contributed by atoms with Gasteiger partial charge >= 0.3 is 0 Å². The van der Waals surface area contributed by atoms with Gasteiger partial charge in [-0.25, -0.2) is 0 Å². The SMILES string of the molecule is C=CCOC(O)OCCCCCCn1c(=O)c2c3c(c1=C)=CC=C1c4ccccc4[PH+]=C(C=C2)C13. The van der Waals surface area contributed by atoms with Crippen LogP contribution in [-0.2, 0) is 16.0 Å². The molecule has 3 unspecified atom stereocenters. The molecule has 5 nitrogen and oxygen atoms in total. The second-order valence-electron chi connectivity index (χ2n) is 9.04. The minimum absolute atomic E-state index is 0.0618. The Kier molecular flexibility index (Phi) is 7.12. The van der Waals surface area contributed by atoms with Crippen LogP contribution in [0.3, 0.4) is 0 Å². The molecule has 3 atom stereocenters. The van der Waals surface area contributed by atoms with E-state index >= 15 is 0 Å². The molecule has 2 aromatic rings. The topological polar surface area (TPSA) is 60.7 Å². The first-order chi connectivity index (χ1) is 17.1. The molecule has 180 valence electrons. The molecule has 0 spiro atoms. The van der Waals surface area contributed by atoms with Gasteiger partial charge in [-0.15, -0.1) is 6.58 Å². The lowest BCUT2D eigenvalue weighted by Crippen LogP contribution is -2.49. The van der Waals surface area contributed by atoms with E-state index < -0.39 is 6.48 Å². The van der Waals surface area contributed by atoms with Crippen LogP contribution < -0.4 is 21.4 Å². The molecular formula is C29H31NO4P+. The highest BCUT2D eigenvalue weighted by Gasteiger charge is 2.38. The van der Waals surface area contributed by atoms with Crippen LogP contribution in [0.25, 0.3) is 24.3 Å². The summed E-state index contributed by atoms with van der Waals surface area (Å²) in [5.41, 5.74) is 4.62. The smallest absolute Gasteiger partial charge is 0.269 e. The summed E-state index contributed by atoms with van der Waals surface area (Å²) in [4.78, 5) is 13.5. The van der Waals surface area contributed by atoms with E-state index in [1.807, 2.05) is 10.6 Å². The molecule has 35 heavy (non-hydrogen) atoms. The van der Waals surface area contributed by atoms with Gasteiger partial charge in [-0.1, -0.05) is 55.8 Å². The van der Waals surface area contributed by atoms with Gasteiger partial charge in [0.15, 0.2) is 5.30 Å². The van der Waals surface area contributed by atoms with Gasteiger partial charge in [0.1, 0.15) is 13.5 Å². The van der Waals surface area contributed by atoms with E-state index in [0.29, 0.717) is 21.4 Å². The van der Waals surface area contributed by atoms with Crippen molar-refractivity contribution in [2.75, 3.05) is 13.2 Å². The monoisotopic (exact) mass is 488 g/mol. The molecule has 3 aliphatic rings. The van der Waals surface area contributed by atoms with Crippen LogP contribution >= 0.6 is 8.20 Å². The molecule has 2 heterocycles. The van der Waals surface area contributed by atoms with E-state index in [1.165, 1.54) is 21.7 Å². The third-order valence-corrected chi connectivity index (χ3v) is 8.32. The van der Waals surface area contributed by atoms with Gasteiger partial charge in [-0.2, -0.15) is 0 Å². The van der Waals surface area contributed by atoms with E-state index in [2.05, 4.69) is 55.7 Å². The Morgan fingerprint density at radius 2 is 1.94 bits per heavy atom. The van der Waals surface area contributed by atoms with Crippen molar-refractivity contribution >= 4 is 43.1 Å².